The number of nitrogens with zero attached hydrogens (tertiary/aromatic N) is 2. The molecule has 0 aromatic carbocycles. The Morgan fingerprint density at radius 3 is 2.29 bits per heavy atom. The van der Waals surface area contributed by atoms with Gasteiger partial charge in [0.15, 0.2) is 4.34 Å². The maximum absolute atomic E-state index is 12.7. The SMILES string of the molecule is CCOC(=O)c1sc(NC(=O)C(C)Sc2nnc(NC(C)=O)s2)c(C(=O)OCC)c1C. The molecule has 0 saturated heterocycles. The van der Waals surface area contributed by atoms with Gasteiger partial charge in [-0.05, 0) is 33.3 Å². The van der Waals surface area contributed by atoms with Crippen molar-refractivity contribution in [1.29, 1.82) is 0 Å². The molecular weight excluding hydrogens is 464 g/mol. The number of carbonyl (C=O) groups excluding carboxylic acids is 4. The minimum absolute atomic E-state index is 0.129. The molecule has 168 valence electrons. The summed E-state index contributed by atoms with van der Waals surface area (Å²) in [5.41, 5.74) is 0.519. The van der Waals surface area contributed by atoms with Crippen molar-refractivity contribution in [3.63, 3.8) is 0 Å². The molecule has 2 rings (SSSR count). The summed E-state index contributed by atoms with van der Waals surface area (Å²) in [7, 11) is 0. The Kier molecular flexibility index (Phi) is 8.95. The van der Waals surface area contributed by atoms with Crippen LogP contribution in [0.4, 0.5) is 10.1 Å². The van der Waals surface area contributed by atoms with Crippen molar-refractivity contribution in [1.82, 2.24) is 10.2 Å². The van der Waals surface area contributed by atoms with Crippen LogP contribution < -0.4 is 10.6 Å². The molecule has 2 amide bonds. The monoisotopic (exact) mass is 486 g/mol. The van der Waals surface area contributed by atoms with E-state index >= 15 is 0 Å². The van der Waals surface area contributed by atoms with Gasteiger partial charge in [-0.2, -0.15) is 0 Å². The number of hydrogen-bond donors (Lipinski definition) is 2. The van der Waals surface area contributed by atoms with Crippen molar-refractivity contribution in [2.24, 2.45) is 0 Å². The molecule has 2 heterocycles. The van der Waals surface area contributed by atoms with Crippen LogP contribution in [0, 0.1) is 6.92 Å². The Hall–Kier alpha value is -2.51. The lowest BCUT2D eigenvalue weighted by Gasteiger charge is -2.10. The maximum Gasteiger partial charge on any atom is 0.348 e. The third-order valence-corrected chi connectivity index (χ3v) is 6.87. The highest BCUT2D eigenvalue weighted by atomic mass is 32.2. The summed E-state index contributed by atoms with van der Waals surface area (Å²) >= 11 is 3.25. The van der Waals surface area contributed by atoms with Crippen molar-refractivity contribution in [2.45, 2.75) is 44.2 Å². The number of thiophene rings is 1. The van der Waals surface area contributed by atoms with Gasteiger partial charge in [0.2, 0.25) is 16.9 Å². The number of thioether (sulfide) groups is 1. The first-order chi connectivity index (χ1) is 14.7. The molecule has 2 aromatic rings. The molecule has 0 aliphatic carbocycles. The Morgan fingerprint density at radius 1 is 1.03 bits per heavy atom. The Morgan fingerprint density at radius 2 is 1.68 bits per heavy atom. The van der Waals surface area contributed by atoms with E-state index in [-0.39, 0.29) is 34.6 Å². The first kappa shape index (κ1) is 24.8. The number of aromatic nitrogens is 2. The normalized spacial score (nSPS) is 11.5. The van der Waals surface area contributed by atoms with Crippen molar-refractivity contribution in [3.05, 3.63) is 16.0 Å². The van der Waals surface area contributed by atoms with Crippen LogP contribution in [0.1, 0.15) is 53.3 Å². The molecule has 0 aliphatic rings. The van der Waals surface area contributed by atoms with Gasteiger partial charge < -0.3 is 20.1 Å². The smallest absolute Gasteiger partial charge is 0.348 e. The summed E-state index contributed by atoms with van der Waals surface area (Å²) in [6.07, 6.45) is 0. The molecule has 13 heteroatoms. The predicted octanol–water partition coefficient (Wildman–Crippen LogP) is 3.34. The molecule has 0 saturated carbocycles. The molecular formula is C18H22N4O6S3. The predicted molar refractivity (Wildman–Crippen MR) is 119 cm³/mol. The zero-order valence-corrected chi connectivity index (χ0v) is 20.0. The van der Waals surface area contributed by atoms with E-state index in [1.54, 1.807) is 27.7 Å². The van der Waals surface area contributed by atoms with Gasteiger partial charge in [0.05, 0.1) is 24.0 Å². The third kappa shape index (κ3) is 6.48. The fourth-order valence-electron chi connectivity index (χ4n) is 2.32. The van der Waals surface area contributed by atoms with Crippen molar-refractivity contribution < 1.29 is 28.7 Å². The third-order valence-electron chi connectivity index (χ3n) is 3.66. The number of anilines is 2. The number of rotatable bonds is 9. The molecule has 10 nitrogen and oxygen atoms in total. The number of amides is 2. The zero-order chi connectivity index (χ0) is 23.1. The van der Waals surface area contributed by atoms with Crippen molar-refractivity contribution >= 4 is 68.3 Å². The maximum atomic E-state index is 12.7. The van der Waals surface area contributed by atoms with Gasteiger partial charge in [0.25, 0.3) is 0 Å². The highest BCUT2D eigenvalue weighted by Crippen LogP contribution is 2.35. The van der Waals surface area contributed by atoms with Crippen LogP contribution >= 0.6 is 34.4 Å². The number of hydrogen-bond acceptors (Lipinski definition) is 11. The van der Waals surface area contributed by atoms with E-state index in [1.807, 2.05) is 0 Å². The van der Waals surface area contributed by atoms with Gasteiger partial charge in [-0.1, -0.05) is 23.1 Å². The quantitative estimate of drug-likeness (QED) is 0.310. The van der Waals surface area contributed by atoms with E-state index in [2.05, 4.69) is 20.8 Å². The molecule has 0 fully saturated rings. The second-order valence-corrected chi connectivity index (χ2v) is 9.59. The number of carbonyl (C=O) groups is 4. The van der Waals surface area contributed by atoms with Gasteiger partial charge in [0, 0.05) is 6.92 Å². The Balaban J connectivity index is 2.20. The summed E-state index contributed by atoms with van der Waals surface area (Å²) in [5, 5.41) is 13.0. The largest absolute Gasteiger partial charge is 0.462 e. The van der Waals surface area contributed by atoms with Gasteiger partial charge >= 0.3 is 11.9 Å². The average molecular weight is 487 g/mol. The molecule has 2 aromatic heterocycles. The fraction of sp³-hybridized carbons (Fsp3) is 0.444. The van der Waals surface area contributed by atoms with Crippen LogP contribution in [-0.4, -0.2) is 52.4 Å². The summed E-state index contributed by atoms with van der Waals surface area (Å²) in [5.74, 6) is -1.87. The van der Waals surface area contributed by atoms with E-state index < -0.39 is 23.1 Å². The molecule has 1 unspecified atom stereocenters. The van der Waals surface area contributed by atoms with Crippen LogP contribution in [0.3, 0.4) is 0 Å². The van der Waals surface area contributed by atoms with Crippen LogP contribution in [0.5, 0.6) is 0 Å². The van der Waals surface area contributed by atoms with Crippen LogP contribution in [0.15, 0.2) is 4.34 Å². The minimum atomic E-state index is -0.633. The van der Waals surface area contributed by atoms with Crippen LogP contribution in [0.25, 0.3) is 0 Å². The lowest BCUT2D eigenvalue weighted by atomic mass is 10.1. The Bertz CT molecular complexity index is 987. The van der Waals surface area contributed by atoms with Crippen molar-refractivity contribution in [3.8, 4) is 0 Å². The molecule has 0 bridgehead atoms. The van der Waals surface area contributed by atoms with Crippen molar-refractivity contribution in [2.75, 3.05) is 23.8 Å². The molecule has 1 atom stereocenters. The van der Waals surface area contributed by atoms with Gasteiger partial charge in [-0.3, -0.25) is 9.59 Å². The summed E-state index contributed by atoms with van der Waals surface area (Å²) in [6.45, 7) is 8.31. The van der Waals surface area contributed by atoms with E-state index in [0.29, 0.717) is 15.0 Å². The topological polar surface area (TPSA) is 137 Å². The van der Waals surface area contributed by atoms with Gasteiger partial charge in [0.1, 0.15) is 9.88 Å². The standard InChI is InChI=1S/C18H22N4O6S3/c1-6-27-15(25)11-8(3)12(16(26)28-7-2)30-14(11)20-13(24)9(4)29-18-22-21-17(31-18)19-10(5)23/h9H,6-7H2,1-5H3,(H,20,24)(H,19,21,23). The number of nitrogens with one attached hydrogen (secondary N) is 2. The van der Waals surface area contributed by atoms with E-state index in [0.717, 1.165) is 34.4 Å². The second-order valence-electron chi connectivity index (χ2n) is 6.00. The zero-order valence-electron chi connectivity index (χ0n) is 17.6. The minimum Gasteiger partial charge on any atom is -0.462 e. The van der Waals surface area contributed by atoms with Crippen LogP contribution in [-0.2, 0) is 19.1 Å². The molecule has 0 spiro atoms. The fourth-order valence-corrected chi connectivity index (χ4v) is 5.35. The highest BCUT2D eigenvalue weighted by Gasteiger charge is 2.28. The van der Waals surface area contributed by atoms with E-state index in [1.165, 1.54) is 6.92 Å². The second kappa shape index (κ2) is 11.2. The number of ether oxygens (including phenoxy) is 2. The first-order valence-electron chi connectivity index (χ1n) is 9.24. The lowest BCUT2D eigenvalue weighted by Crippen LogP contribution is -2.23. The molecule has 0 aliphatic heterocycles. The average Bonchev–Trinajstić information content (AvgIpc) is 3.25. The van der Waals surface area contributed by atoms with E-state index in [9.17, 15) is 19.2 Å². The van der Waals surface area contributed by atoms with Crippen LogP contribution in [0.2, 0.25) is 0 Å². The molecule has 0 radical (unpaired) electrons. The van der Waals surface area contributed by atoms with Gasteiger partial charge in [-0.15, -0.1) is 21.5 Å². The number of esters is 2. The summed E-state index contributed by atoms with van der Waals surface area (Å²) in [4.78, 5) is 48.7. The van der Waals surface area contributed by atoms with Gasteiger partial charge in [-0.25, -0.2) is 9.59 Å². The van der Waals surface area contributed by atoms with E-state index in [4.69, 9.17) is 9.47 Å². The molecule has 2 N–H and O–H groups in total. The first-order valence-corrected chi connectivity index (χ1v) is 11.7. The summed E-state index contributed by atoms with van der Waals surface area (Å²) in [6, 6.07) is 0. The summed E-state index contributed by atoms with van der Waals surface area (Å²) < 4.78 is 10.6. The lowest BCUT2D eigenvalue weighted by molar-refractivity contribution is -0.115. The Labute approximate surface area is 191 Å². The highest BCUT2D eigenvalue weighted by molar-refractivity contribution is 8.02. The molecule has 31 heavy (non-hydrogen) atoms.